The second kappa shape index (κ2) is 10.1. The van der Waals surface area contributed by atoms with Crippen LogP contribution in [-0.2, 0) is 4.79 Å². The third-order valence-electron chi connectivity index (χ3n) is 5.04. The predicted molar refractivity (Wildman–Crippen MR) is 123 cm³/mol. The number of ether oxygens (including phenoxy) is 1. The number of nitrogens with one attached hydrogen (secondary N) is 2. The van der Waals surface area contributed by atoms with Crippen LogP contribution >= 0.6 is 0 Å². The van der Waals surface area contributed by atoms with E-state index in [4.69, 9.17) is 0 Å². The van der Waals surface area contributed by atoms with E-state index in [2.05, 4.69) is 15.4 Å². The fourth-order valence-electron chi connectivity index (χ4n) is 3.24. The van der Waals surface area contributed by atoms with Gasteiger partial charge in [0.25, 0.3) is 11.8 Å². The highest BCUT2D eigenvalue weighted by molar-refractivity contribution is 6.29. The smallest absolute Gasteiger partial charge is 0.387 e. The van der Waals surface area contributed by atoms with Crippen molar-refractivity contribution >= 4 is 29.2 Å². The Balaban J connectivity index is 1.57. The Hall–Kier alpha value is -4.00. The van der Waals surface area contributed by atoms with Gasteiger partial charge in [0.2, 0.25) is 0 Å². The van der Waals surface area contributed by atoms with Gasteiger partial charge in [-0.25, -0.2) is 0 Å². The maximum atomic E-state index is 13.2. The number of alkyl halides is 2. The highest BCUT2D eigenvalue weighted by Crippen LogP contribution is 2.24. The number of carbonyl (C=O) groups excluding carboxylic acids is 2. The average molecular weight is 448 g/mol. The number of hydrogen-bond donors (Lipinski definition) is 2. The van der Waals surface area contributed by atoms with E-state index in [1.165, 1.54) is 12.1 Å². The molecule has 1 aliphatic rings. The van der Waals surface area contributed by atoms with Crippen molar-refractivity contribution in [2.75, 3.05) is 5.32 Å². The van der Waals surface area contributed by atoms with Crippen molar-refractivity contribution < 1.29 is 23.1 Å². The van der Waals surface area contributed by atoms with Crippen molar-refractivity contribution in [2.24, 2.45) is 0 Å². The zero-order valence-electron chi connectivity index (χ0n) is 17.6. The van der Waals surface area contributed by atoms with Crippen molar-refractivity contribution in [3.8, 4) is 5.75 Å². The number of halogens is 2. The monoisotopic (exact) mass is 448 g/mol. The van der Waals surface area contributed by atoms with Gasteiger partial charge in [-0.3, -0.25) is 9.59 Å². The maximum Gasteiger partial charge on any atom is 0.387 e. The van der Waals surface area contributed by atoms with Crippen LogP contribution in [0.15, 0.2) is 78.9 Å². The molecule has 0 spiro atoms. The van der Waals surface area contributed by atoms with Gasteiger partial charge in [0.15, 0.2) is 0 Å². The Kier molecular flexibility index (Phi) is 6.78. The highest BCUT2D eigenvalue weighted by Gasteiger charge is 2.24. The zero-order chi connectivity index (χ0) is 23.2. The van der Waals surface area contributed by atoms with Crippen LogP contribution < -0.4 is 15.4 Å². The van der Waals surface area contributed by atoms with Gasteiger partial charge in [0.1, 0.15) is 5.75 Å². The summed E-state index contributed by atoms with van der Waals surface area (Å²) in [4.78, 5) is 25.5. The molecule has 0 aliphatic heterocycles. The summed E-state index contributed by atoms with van der Waals surface area (Å²) in [6.45, 7) is -2.90. The molecule has 0 unspecified atom stereocenters. The first-order chi connectivity index (χ1) is 16.0. The van der Waals surface area contributed by atoms with E-state index < -0.39 is 6.61 Å². The molecular weight excluding hydrogens is 426 g/mol. The Morgan fingerprint density at radius 2 is 1.61 bits per heavy atom. The van der Waals surface area contributed by atoms with Crippen LogP contribution in [0.1, 0.15) is 34.3 Å². The van der Waals surface area contributed by atoms with Crippen molar-refractivity contribution in [2.45, 2.75) is 25.5 Å². The Labute approximate surface area is 190 Å². The van der Waals surface area contributed by atoms with E-state index in [1.807, 2.05) is 18.2 Å². The standard InChI is InChI=1S/C26H22F2N2O3/c27-26(28)33-22-13-9-17(10-14-22)15-23(18-5-2-1-3-6-18)25(32)30-21-8-4-7-19(16-21)24(31)29-20-11-12-20/h1-10,13-16,20,26H,11-12H2,(H,29,31)(H,30,32). The highest BCUT2D eigenvalue weighted by atomic mass is 19.3. The number of hydrogen-bond acceptors (Lipinski definition) is 3. The maximum absolute atomic E-state index is 13.2. The lowest BCUT2D eigenvalue weighted by Crippen LogP contribution is -2.25. The zero-order valence-corrected chi connectivity index (χ0v) is 17.6. The molecule has 0 atom stereocenters. The average Bonchev–Trinajstić information content (AvgIpc) is 3.63. The lowest BCUT2D eigenvalue weighted by atomic mass is 10.0. The minimum Gasteiger partial charge on any atom is -0.435 e. The molecule has 3 aromatic rings. The normalized spacial score (nSPS) is 13.5. The fraction of sp³-hybridized carbons (Fsp3) is 0.154. The summed E-state index contributed by atoms with van der Waals surface area (Å²) < 4.78 is 29.2. The quantitative estimate of drug-likeness (QED) is 0.360. The fourth-order valence-corrected chi connectivity index (χ4v) is 3.24. The molecule has 0 aromatic heterocycles. The van der Waals surface area contributed by atoms with Gasteiger partial charge in [0, 0.05) is 22.9 Å². The molecule has 1 fully saturated rings. The lowest BCUT2D eigenvalue weighted by Gasteiger charge is -2.11. The molecule has 4 rings (SSSR count). The molecule has 1 saturated carbocycles. The second-order valence-corrected chi connectivity index (χ2v) is 7.65. The molecule has 33 heavy (non-hydrogen) atoms. The molecule has 5 nitrogen and oxygen atoms in total. The molecule has 0 bridgehead atoms. The Morgan fingerprint density at radius 3 is 2.27 bits per heavy atom. The molecule has 0 saturated heterocycles. The predicted octanol–water partition coefficient (Wildman–Crippen LogP) is 5.36. The summed E-state index contributed by atoms with van der Waals surface area (Å²) >= 11 is 0. The number of anilines is 1. The van der Waals surface area contributed by atoms with Gasteiger partial charge in [-0.1, -0.05) is 48.5 Å². The van der Waals surface area contributed by atoms with E-state index in [1.54, 1.807) is 54.6 Å². The van der Waals surface area contributed by atoms with Crippen LogP contribution in [-0.4, -0.2) is 24.5 Å². The van der Waals surface area contributed by atoms with E-state index in [0.29, 0.717) is 28.0 Å². The van der Waals surface area contributed by atoms with Crippen LogP contribution in [0.5, 0.6) is 5.75 Å². The van der Waals surface area contributed by atoms with Gasteiger partial charge in [-0.05, 0) is 60.4 Å². The van der Waals surface area contributed by atoms with Crippen molar-refractivity contribution in [1.29, 1.82) is 0 Å². The molecule has 168 valence electrons. The van der Waals surface area contributed by atoms with Crippen LogP contribution in [0.2, 0.25) is 0 Å². The molecule has 1 aliphatic carbocycles. The molecule has 2 N–H and O–H groups in total. The van der Waals surface area contributed by atoms with Gasteiger partial charge < -0.3 is 15.4 Å². The topological polar surface area (TPSA) is 67.4 Å². The molecule has 7 heteroatoms. The van der Waals surface area contributed by atoms with Crippen LogP contribution in [0.4, 0.5) is 14.5 Å². The van der Waals surface area contributed by atoms with Gasteiger partial charge in [-0.2, -0.15) is 8.78 Å². The number of rotatable bonds is 8. The summed E-state index contributed by atoms with van der Waals surface area (Å²) in [6.07, 6.45) is 3.64. The molecule has 2 amide bonds. The van der Waals surface area contributed by atoms with Crippen molar-refractivity contribution in [1.82, 2.24) is 5.32 Å². The molecular formula is C26H22F2N2O3. The SMILES string of the molecule is O=C(Nc1cccc(C(=O)NC2CC2)c1)C(=Cc1ccc(OC(F)F)cc1)c1ccccc1. The van der Waals surface area contributed by atoms with E-state index in [0.717, 1.165) is 12.8 Å². The number of carbonyl (C=O) groups is 2. The first-order valence-corrected chi connectivity index (χ1v) is 10.5. The van der Waals surface area contributed by atoms with Crippen molar-refractivity contribution in [3.05, 3.63) is 95.6 Å². The summed E-state index contributed by atoms with van der Waals surface area (Å²) in [5.41, 5.74) is 2.67. The summed E-state index contributed by atoms with van der Waals surface area (Å²) in [5, 5.41) is 5.78. The van der Waals surface area contributed by atoms with Crippen LogP contribution in [0, 0.1) is 0 Å². The van der Waals surface area contributed by atoms with Gasteiger partial charge in [0.05, 0.1) is 0 Å². The van der Waals surface area contributed by atoms with Gasteiger partial charge in [-0.15, -0.1) is 0 Å². The third kappa shape index (κ3) is 6.26. The first kappa shape index (κ1) is 22.2. The molecule has 0 radical (unpaired) electrons. The first-order valence-electron chi connectivity index (χ1n) is 10.5. The number of benzene rings is 3. The third-order valence-corrected chi connectivity index (χ3v) is 5.04. The molecule has 3 aromatic carbocycles. The summed E-state index contributed by atoms with van der Waals surface area (Å²) in [6, 6.07) is 22.1. The van der Waals surface area contributed by atoms with Gasteiger partial charge >= 0.3 is 6.61 Å². The van der Waals surface area contributed by atoms with E-state index in [9.17, 15) is 18.4 Å². The molecule has 0 heterocycles. The number of amides is 2. The van der Waals surface area contributed by atoms with E-state index >= 15 is 0 Å². The van der Waals surface area contributed by atoms with Crippen LogP contribution in [0.25, 0.3) is 11.6 Å². The van der Waals surface area contributed by atoms with E-state index in [-0.39, 0.29) is 23.6 Å². The summed E-state index contributed by atoms with van der Waals surface area (Å²) in [7, 11) is 0. The second-order valence-electron chi connectivity index (χ2n) is 7.65. The summed E-state index contributed by atoms with van der Waals surface area (Å²) in [5.74, 6) is -0.499. The minimum absolute atomic E-state index is 0.0363. The largest absolute Gasteiger partial charge is 0.435 e. The Morgan fingerprint density at radius 1 is 0.909 bits per heavy atom. The Bertz CT molecular complexity index is 1160. The lowest BCUT2D eigenvalue weighted by molar-refractivity contribution is -0.111. The van der Waals surface area contributed by atoms with Crippen molar-refractivity contribution in [3.63, 3.8) is 0 Å². The van der Waals surface area contributed by atoms with Crippen LogP contribution in [0.3, 0.4) is 0 Å². The minimum atomic E-state index is -2.90.